The fraction of sp³-hybridized carbons (Fsp3) is 0.611. The van der Waals surface area contributed by atoms with Gasteiger partial charge < -0.3 is 15.2 Å². The minimum absolute atomic E-state index is 0.0904. The molecule has 22 heavy (non-hydrogen) atoms. The zero-order valence-corrected chi connectivity index (χ0v) is 13.8. The van der Waals surface area contributed by atoms with Gasteiger partial charge in [0.25, 0.3) is 5.91 Å². The molecule has 4 nitrogen and oxygen atoms in total. The molecular weight excluding hydrogens is 278 g/mol. The normalized spacial score (nSPS) is 16.2. The van der Waals surface area contributed by atoms with Gasteiger partial charge in [-0.05, 0) is 61.8 Å². The second-order valence-corrected chi connectivity index (χ2v) is 7.18. The number of rotatable bonds is 8. The number of carbonyl (C=O) groups excluding carboxylic acids is 1. The van der Waals surface area contributed by atoms with Crippen LogP contribution >= 0.6 is 0 Å². The van der Waals surface area contributed by atoms with Crippen LogP contribution in [0.5, 0.6) is 5.75 Å². The van der Waals surface area contributed by atoms with Gasteiger partial charge in [-0.3, -0.25) is 4.79 Å². The third-order valence-electron chi connectivity index (χ3n) is 3.87. The molecule has 1 aromatic rings. The highest BCUT2D eigenvalue weighted by molar-refractivity contribution is 5.94. The number of benzene rings is 1. The number of nitrogens with one attached hydrogen (secondary N) is 1. The predicted molar refractivity (Wildman–Crippen MR) is 87.1 cm³/mol. The third kappa shape index (κ3) is 5.68. The first-order valence-electron chi connectivity index (χ1n) is 8.05. The average Bonchev–Trinajstić information content (AvgIpc) is 3.26. The largest absolute Gasteiger partial charge is 0.493 e. The molecule has 1 aromatic carbocycles. The van der Waals surface area contributed by atoms with Gasteiger partial charge in [-0.15, -0.1) is 0 Å². The molecule has 2 N–H and O–H groups in total. The predicted octanol–water partition coefficient (Wildman–Crippen LogP) is 3.00. The fourth-order valence-corrected chi connectivity index (χ4v) is 2.49. The minimum atomic E-state index is -0.366. The van der Waals surface area contributed by atoms with E-state index in [1.54, 1.807) is 19.1 Å². The molecule has 1 atom stereocenters. The van der Waals surface area contributed by atoms with E-state index in [1.165, 1.54) is 12.8 Å². The molecule has 0 radical (unpaired) electrons. The Morgan fingerprint density at radius 3 is 2.55 bits per heavy atom. The molecule has 1 aliphatic carbocycles. The second-order valence-electron chi connectivity index (χ2n) is 7.18. The number of ether oxygens (including phenoxy) is 1. The van der Waals surface area contributed by atoms with Crippen molar-refractivity contribution in [2.24, 2.45) is 11.3 Å². The summed E-state index contributed by atoms with van der Waals surface area (Å²) in [7, 11) is 0. The van der Waals surface area contributed by atoms with Gasteiger partial charge in [-0.25, -0.2) is 0 Å². The SMILES string of the molecule is CC(O)CC(C)(C)CNC(=O)c1ccc(OCC2CC2)cc1. The number of hydrogen-bond donors (Lipinski definition) is 2. The van der Waals surface area contributed by atoms with Gasteiger partial charge in [0, 0.05) is 12.1 Å². The Balaban J connectivity index is 1.81. The van der Waals surface area contributed by atoms with Gasteiger partial charge in [0.05, 0.1) is 12.7 Å². The van der Waals surface area contributed by atoms with Crippen molar-refractivity contribution >= 4 is 5.91 Å². The lowest BCUT2D eigenvalue weighted by molar-refractivity contribution is 0.0902. The third-order valence-corrected chi connectivity index (χ3v) is 3.87. The quantitative estimate of drug-likeness (QED) is 0.776. The molecular formula is C18H27NO3. The maximum atomic E-state index is 12.2. The molecule has 1 aliphatic rings. The van der Waals surface area contributed by atoms with Crippen molar-refractivity contribution in [3.05, 3.63) is 29.8 Å². The van der Waals surface area contributed by atoms with Crippen LogP contribution in [0.1, 0.15) is 50.4 Å². The highest BCUT2D eigenvalue weighted by atomic mass is 16.5. The second kappa shape index (κ2) is 7.14. The molecule has 0 aliphatic heterocycles. The van der Waals surface area contributed by atoms with E-state index < -0.39 is 0 Å². The molecule has 1 unspecified atom stereocenters. The maximum Gasteiger partial charge on any atom is 0.251 e. The molecule has 0 spiro atoms. The van der Waals surface area contributed by atoms with E-state index in [-0.39, 0.29) is 17.4 Å². The van der Waals surface area contributed by atoms with Crippen LogP contribution in [0.3, 0.4) is 0 Å². The van der Waals surface area contributed by atoms with E-state index in [9.17, 15) is 9.90 Å². The zero-order chi connectivity index (χ0) is 16.2. The topological polar surface area (TPSA) is 58.6 Å². The number of carbonyl (C=O) groups is 1. The van der Waals surface area contributed by atoms with E-state index in [0.717, 1.165) is 18.3 Å². The number of amides is 1. The molecule has 1 saturated carbocycles. The molecule has 4 heteroatoms. The van der Waals surface area contributed by atoms with Gasteiger partial charge >= 0.3 is 0 Å². The van der Waals surface area contributed by atoms with Gasteiger partial charge in [-0.1, -0.05) is 13.8 Å². The summed E-state index contributed by atoms with van der Waals surface area (Å²) in [5.41, 5.74) is 0.503. The molecule has 2 rings (SSSR count). The minimum Gasteiger partial charge on any atom is -0.493 e. The summed E-state index contributed by atoms with van der Waals surface area (Å²) in [4.78, 5) is 12.2. The first-order valence-corrected chi connectivity index (χ1v) is 8.05. The van der Waals surface area contributed by atoms with Gasteiger partial charge in [-0.2, -0.15) is 0 Å². The summed E-state index contributed by atoms with van der Waals surface area (Å²) in [5.74, 6) is 1.45. The molecule has 0 bridgehead atoms. The van der Waals surface area contributed by atoms with Crippen molar-refractivity contribution in [2.75, 3.05) is 13.2 Å². The summed E-state index contributed by atoms with van der Waals surface area (Å²) in [5, 5.41) is 12.4. The Hall–Kier alpha value is -1.55. The number of aliphatic hydroxyl groups excluding tert-OH is 1. The van der Waals surface area contributed by atoms with Gasteiger partial charge in [0.1, 0.15) is 5.75 Å². The molecule has 1 fully saturated rings. The van der Waals surface area contributed by atoms with E-state index >= 15 is 0 Å². The molecule has 0 saturated heterocycles. The summed E-state index contributed by atoms with van der Waals surface area (Å²) in [6.45, 7) is 7.16. The molecule has 0 aromatic heterocycles. The fourth-order valence-electron chi connectivity index (χ4n) is 2.49. The lowest BCUT2D eigenvalue weighted by Crippen LogP contribution is -2.35. The maximum absolute atomic E-state index is 12.2. The van der Waals surface area contributed by atoms with Crippen molar-refractivity contribution in [1.82, 2.24) is 5.32 Å². The van der Waals surface area contributed by atoms with E-state index in [4.69, 9.17) is 4.74 Å². The summed E-state index contributed by atoms with van der Waals surface area (Å²) >= 11 is 0. The van der Waals surface area contributed by atoms with Crippen LogP contribution in [0.15, 0.2) is 24.3 Å². The Kier molecular flexibility index (Phi) is 5.46. The summed E-state index contributed by atoms with van der Waals surface area (Å²) < 4.78 is 5.66. The van der Waals surface area contributed by atoms with E-state index in [1.807, 2.05) is 26.0 Å². The van der Waals surface area contributed by atoms with Crippen molar-refractivity contribution in [2.45, 2.75) is 46.1 Å². The first-order chi connectivity index (χ1) is 10.4. The highest BCUT2D eigenvalue weighted by Gasteiger charge is 2.22. The Bertz CT molecular complexity index is 490. The van der Waals surface area contributed by atoms with E-state index in [0.29, 0.717) is 18.5 Å². The Morgan fingerprint density at radius 1 is 1.36 bits per heavy atom. The highest BCUT2D eigenvalue weighted by Crippen LogP contribution is 2.29. The monoisotopic (exact) mass is 305 g/mol. The van der Waals surface area contributed by atoms with Crippen LogP contribution in [0, 0.1) is 11.3 Å². The van der Waals surface area contributed by atoms with Gasteiger partial charge in [0.15, 0.2) is 0 Å². The lowest BCUT2D eigenvalue weighted by Gasteiger charge is -2.26. The standard InChI is InChI=1S/C18H27NO3/c1-13(20)10-18(2,3)12-19-17(21)15-6-8-16(9-7-15)22-11-14-4-5-14/h6-9,13-14,20H,4-5,10-12H2,1-3H3,(H,19,21). The number of aliphatic hydroxyl groups is 1. The first kappa shape index (κ1) is 16.8. The number of hydrogen-bond acceptors (Lipinski definition) is 3. The Labute approximate surface area is 132 Å². The Morgan fingerprint density at radius 2 is 2.00 bits per heavy atom. The van der Waals surface area contributed by atoms with Crippen molar-refractivity contribution in [1.29, 1.82) is 0 Å². The average molecular weight is 305 g/mol. The van der Waals surface area contributed by atoms with Crippen LogP contribution in [0.4, 0.5) is 0 Å². The lowest BCUT2D eigenvalue weighted by atomic mass is 9.87. The van der Waals surface area contributed by atoms with Crippen molar-refractivity contribution in [3.63, 3.8) is 0 Å². The smallest absolute Gasteiger partial charge is 0.251 e. The zero-order valence-electron chi connectivity index (χ0n) is 13.8. The van der Waals surface area contributed by atoms with Crippen LogP contribution in [0.25, 0.3) is 0 Å². The molecule has 1 amide bonds. The van der Waals surface area contributed by atoms with Gasteiger partial charge in [0.2, 0.25) is 0 Å². The van der Waals surface area contributed by atoms with Crippen LogP contribution < -0.4 is 10.1 Å². The van der Waals surface area contributed by atoms with Crippen molar-refractivity contribution < 1.29 is 14.6 Å². The summed E-state index contributed by atoms with van der Waals surface area (Å²) in [6.07, 6.45) is 2.82. The van der Waals surface area contributed by atoms with Crippen LogP contribution in [0.2, 0.25) is 0 Å². The molecule has 0 heterocycles. The summed E-state index contributed by atoms with van der Waals surface area (Å²) in [6, 6.07) is 7.27. The molecule has 122 valence electrons. The van der Waals surface area contributed by atoms with Crippen molar-refractivity contribution in [3.8, 4) is 5.75 Å². The van der Waals surface area contributed by atoms with Crippen LogP contribution in [-0.2, 0) is 0 Å². The van der Waals surface area contributed by atoms with Crippen LogP contribution in [-0.4, -0.2) is 30.3 Å². The van der Waals surface area contributed by atoms with E-state index in [2.05, 4.69) is 5.32 Å².